The summed E-state index contributed by atoms with van der Waals surface area (Å²) in [6.07, 6.45) is 6.36. The number of amides is 1. The van der Waals surface area contributed by atoms with Crippen LogP contribution in [0.5, 0.6) is 0 Å². The first-order chi connectivity index (χ1) is 10.2. The van der Waals surface area contributed by atoms with Crippen LogP contribution in [0.15, 0.2) is 61.3 Å². The number of rotatable bonds is 3. The quantitative estimate of drug-likeness (QED) is 0.751. The molecule has 0 fully saturated rings. The topological polar surface area (TPSA) is 59.8 Å². The lowest BCUT2D eigenvalue weighted by Gasteiger charge is -2.08. The predicted molar refractivity (Wildman–Crippen MR) is 75.7 cm³/mol. The summed E-state index contributed by atoms with van der Waals surface area (Å²) < 4.78 is 14.6. The van der Waals surface area contributed by atoms with Crippen LogP contribution in [0.3, 0.4) is 0 Å². The summed E-state index contributed by atoms with van der Waals surface area (Å²) in [5.74, 6) is -0.959. The van der Waals surface area contributed by atoms with Gasteiger partial charge in [0.1, 0.15) is 0 Å². The number of halogens is 1. The maximum absolute atomic E-state index is 12.7. The number of hydrogen-bond donors (Lipinski definition) is 1. The Balaban J connectivity index is 1.80. The van der Waals surface area contributed by atoms with E-state index in [0.717, 1.165) is 11.8 Å². The molecule has 0 aliphatic carbocycles. The van der Waals surface area contributed by atoms with Crippen molar-refractivity contribution in [2.24, 2.45) is 0 Å². The summed E-state index contributed by atoms with van der Waals surface area (Å²) in [6.45, 7) is 0. The molecule has 0 spiro atoms. The molecule has 0 atom stereocenters. The third-order valence-corrected chi connectivity index (χ3v) is 2.90. The van der Waals surface area contributed by atoms with Crippen LogP contribution in [-0.2, 0) is 0 Å². The van der Waals surface area contributed by atoms with Gasteiger partial charge in [0, 0.05) is 30.0 Å². The molecule has 6 heteroatoms. The van der Waals surface area contributed by atoms with Crippen LogP contribution in [0.25, 0.3) is 5.69 Å². The van der Waals surface area contributed by atoms with Gasteiger partial charge in [0.2, 0.25) is 5.95 Å². The van der Waals surface area contributed by atoms with E-state index < -0.39 is 5.95 Å². The molecule has 3 aromatic rings. The lowest BCUT2D eigenvalue weighted by molar-refractivity contribution is 0.102. The summed E-state index contributed by atoms with van der Waals surface area (Å²) in [4.78, 5) is 19.5. The lowest BCUT2D eigenvalue weighted by atomic mass is 10.2. The molecule has 2 heterocycles. The highest BCUT2D eigenvalue weighted by atomic mass is 19.1. The SMILES string of the molecule is O=C(Nc1cccc(-n2ccnc2)c1)c1ccc(F)nc1. The van der Waals surface area contributed by atoms with Crippen molar-refractivity contribution in [1.82, 2.24) is 14.5 Å². The molecule has 21 heavy (non-hydrogen) atoms. The van der Waals surface area contributed by atoms with Gasteiger partial charge in [-0.3, -0.25) is 4.79 Å². The molecule has 1 N–H and O–H groups in total. The van der Waals surface area contributed by atoms with Crippen molar-refractivity contribution >= 4 is 11.6 Å². The number of nitrogens with one attached hydrogen (secondary N) is 1. The molecule has 1 aromatic carbocycles. The Morgan fingerprint density at radius 3 is 2.86 bits per heavy atom. The molecule has 0 aliphatic heterocycles. The number of imidazole rings is 1. The average molecular weight is 282 g/mol. The van der Waals surface area contributed by atoms with E-state index in [-0.39, 0.29) is 5.91 Å². The first kappa shape index (κ1) is 13.0. The number of hydrogen-bond acceptors (Lipinski definition) is 3. The molecule has 0 saturated carbocycles. The molecule has 2 aromatic heterocycles. The highest BCUT2D eigenvalue weighted by Crippen LogP contribution is 2.15. The zero-order valence-corrected chi connectivity index (χ0v) is 10.9. The molecule has 0 saturated heterocycles. The number of anilines is 1. The number of aromatic nitrogens is 3. The molecule has 1 amide bonds. The minimum absolute atomic E-state index is 0.296. The fourth-order valence-corrected chi connectivity index (χ4v) is 1.87. The minimum atomic E-state index is -0.617. The van der Waals surface area contributed by atoms with E-state index in [1.165, 1.54) is 12.3 Å². The zero-order chi connectivity index (χ0) is 14.7. The van der Waals surface area contributed by atoms with E-state index in [1.54, 1.807) is 18.6 Å². The highest BCUT2D eigenvalue weighted by molar-refractivity contribution is 6.04. The second kappa shape index (κ2) is 5.54. The van der Waals surface area contributed by atoms with Crippen LogP contribution in [0, 0.1) is 5.95 Å². The van der Waals surface area contributed by atoms with Crippen molar-refractivity contribution in [3.05, 3.63) is 72.8 Å². The highest BCUT2D eigenvalue weighted by Gasteiger charge is 2.07. The number of carbonyl (C=O) groups excluding carboxylic acids is 1. The van der Waals surface area contributed by atoms with Crippen molar-refractivity contribution in [3.8, 4) is 5.69 Å². The number of benzene rings is 1. The predicted octanol–water partition coefficient (Wildman–Crippen LogP) is 2.66. The number of carbonyl (C=O) groups is 1. The van der Waals surface area contributed by atoms with Gasteiger partial charge in [-0.1, -0.05) is 6.07 Å². The van der Waals surface area contributed by atoms with E-state index in [2.05, 4.69) is 15.3 Å². The van der Waals surface area contributed by atoms with Gasteiger partial charge >= 0.3 is 0 Å². The monoisotopic (exact) mass is 282 g/mol. The summed E-state index contributed by atoms with van der Waals surface area (Å²) in [5, 5.41) is 2.74. The van der Waals surface area contributed by atoms with Gasteiger partial charge in [0.05, 0.1) is 11.9 Å². The Hall–Kier alpha value is -3.02. The van der Waals surface area contributed by atoms with E-state index in [1.807, 2.05) is 29.0 Å². The Labute approximate surface area is 120 Å². The van der Waals surface area contributed by atoms with Crippen LogP contribution in [0.4, 0.5) is 10.1 Å². The normalized spacial score (nSPS) is 10.3. The van der Waals surface area contributed by atoms with Crippen LogP contribution in [-0.4, -0.2) is 20.4 Å². The van der Waals surface area contributed by atoms with Crippen molar-refractivity contribution in [2.45, 2.75) is 0 Å². The summed E-state index contributed by atoms with van der Waals surface area (Å²) in [6, 6.07) is 9.85. The first-order valence-corrected chi connectivity index (χ1v) is 6.24. The molecule has 0 radical (unpaired) electrons. The molecule has 3 rings (SSSR count). The number of nitrogens with zero attached hydrogens (tertiary/aromatic N) is 3. The number of pyridine rings is 1. The van der Waals surface area contributed by atoms with Gasteiger partial charge in [-0.05, 0) is 30.3 Å². The molecule has 5 nitrogen and oxygen atoms in total. The molecular weight excluding hydrogens is 271 g/mol. The summed E-state index contributed by atoms with van der Waals surface area (Å²) in [5.41, 5.74) is 1.81. The standard InChI is InChI=1S/C15H11FN4O/c16-14-5-4-11(9-18-14)15(21)19-12-2-1-3-13(8-12)20-7-6-17-10-20/h1-10H,(H,19,21). The lowest BCUT2D eigenvalue weighted by Crippen LogP contribution is -2.12. The first-order valence-electron chi connectivity index (χ1n) is 6.24. The largest absolute Gasteiger partial charge is 0.322 e. The van der Waals surface area contributed by atoms with E-state index >= 15 is 0 Å². The van der Waals surface area contributed by atoms with Gasteiger partial charge in [-0.2, -0.15) is 4.39 Å². The minimum Gasteiger partial charge on any atom is -0.322 e. The maximum atomic E-state index is 12.7. The fourth-order valence-electron chi connectivity index (χ4n) is 1.87. The smallest absolute Gasteiger partial charge is 0.257 e. The van der Waals surface area contributed by atoms with Crippen LogP contribution in [0.1, 0.15) is 10.4 Å². The molecule has 0 bridgehead atoms. The van der Waals surface area contributed by atoms with Crippen LogP contribution in [0.2, 0.25) is 0 Å². The van der Waals surface area contributed by atoms with Gasteiger partial charge in [0.25, 0.3) is 5.91 Å². The zero-order valence-electron chi connectivity index (χ0n) is 10.9. The molecular formula is C15H11FN4O. The van der Waals surface area contributed by atoms with E-state index in [0.29, 0.717) is 11.3 Å². The van der Waals surface area contributed by atoms with Crippen molar-refractivity contribution in [3.63, 3.8) is 0 Å². The van der Waals surface area contributed by atoms with Crippen LogP contribution >= 0.6 is 0 Å². The molecule has 0 aliphatic rings. The fraction of sp³-hybridized carbons (Fsp3) is 0. The van der Waals surface area contributed by atoms with Crippen molar-refractivity contribution in [1.29, 1.82) is 0 Å². The Kier molecular flexibility index (Phi) is 3.42. The Morgan fingerprint density at radius 2 is 2.14 bits per heavy atom. The Morgan fingerprint density at radius 1 is 1.24 bits per heavy atom. The van der Waals surface area contributed by atoms with E-state index in [9.17, 15) is 9.18 Å². The van der Waals surface area contributed by atoms with Gasteiger partial charge in [-0.15, -0.1) is 0 Å². The van der Waals surface area contributed by atoms with Crippen LogP contribution < -0.4 is 5.32 Å². The summed E-state index contributed by atoms with van der Waals surface area (Å²) in [7, 11) is 0. The average Bonchev–Trinajstić information content (AvgIpc) is 3.02. The summed E-state index contributed by atoms with van der Waals surface area (Å²) >= 11 is 0. The van der Waals surface area contributed by atoms with Crippen molar-refractivity contribution in [2.75, 3.05) is 5.32 Å². The third-order valence-electron chi connectivity index (χ3n) is 2.90. The third kappa shape index (κ3) is 2.94. The Bertz CT molecular complexity index is 754. The molecule has 104 valence electrons. The molecule has 0 unspecified atom stereocenters. The second-order valence-electron chi connectivity index (χ2n) is 4.34. The van der Waals surface area contributed by atoms with Gasteiger partial charge in [-0.25, -0.2) is 9.97 Å². The van der Waals surface area contributed by atoms with Gasteiger partial charge in [0.15, 0.2) is 0 Å². The van der Waals surface area contributed by atoms with E-state index in [4.69, 9.17) is 0 Å². The van der Waals surface area contributed by atoms with Crippen molar-refractivity contribution < 1.29 is 9.18 Å². The maximum Gasteiger partial charge on any atom is 0.257 e. The second-order valence-corrected chi connectivity index (χ2v) is 4.34. The van der Waals surface area contributed by atoms with Gasteiger partial charge < -0.3 is 9.88 Å².